The Balaban J connectivity index is 1.56. The zero-order valence-electron chi connectivity index (χ0n) is 17.7. The van der Waals surface area contributed by atoms with Crippen LogP contribution in [0.5, 0.6) is 5.75 Å². The summed E-state index contributed by atoms with van der Waals surface area (Å²) < 4.78 is 40.9. The third-order valence-electron chi connectivity index (χ3n) is 5.12. The summed E-state index contributed by atoms with van der Waals surface area (Å²) in [5, 5.41) is 9.15. The van der Waals surface area contributed by atoms with Crippen LogP contribution < -0.4 is 15.4 Å². The van der Waals surface area contributed by atoms with Gasteiger partial charge in [-0.3, -0.25) is 14.6 Å². The van der Waals surface area contributed by atoms with Gasteiger partial charge in [-0.25, -0.2) is 9.78 Å². The second-order valence-electron chi connectivity index (χ2n) is 7.45. The SMILES string of the molecule is NC(=O)CN(CCN1CCN(c2cccc(-c3ccc(OC(F)(F)F)cc3)n2)CC1)C(=O)O. The smallest absolute Gasteiger partial charge is 0.465 e. The number of halogens is 3. The number of piperazine rings is 1. The van der Waals surface area contributed by atoms with Crippen LogP contribution in [0.1, 0.15) is 0 Å². The first-order valence-electron chi connectivity index (χ1n) is 10.2. The lowest BCUT2D eigenvalue weighted by Gasteiger charge is -2.36. The van der Waals surface area contributed by atoms with Gasteiger partial charge in [0.2, 0.25) is 5.91 Å². The van der Waals surface area contributed by atoms with Crippen molar-refractivity contribution in [3.05, 3.63) is 42.5 Å². The van der Waals surface area contributed by atoms with Crippen molar-refractivity contribution in [1.29, 1.82) is 0 Å². The van der Waals surface area contributed by atoms with Crippen LogP contribution in [0.25, 0.3) is 11.3 Å². The number of carboxylic acid groups (broad SMARTS) is 1. The number of benzene rings is 1. The standard InChI is InChI=1S/C21H24F3N5O4/c22-21(23,24)33-16-6-4-15(5-7-16)17-2-1-3-19(26-17)28-11-8-27(9-12-28)10-13-29(20(31)32)14-18(25)30/h1-7H,8-14H2,(H2,25,30)(H,31,32). The lowest BCUT2D eigenvalue weighted by Crippen LogP contribution is -2.49. The largest absolute Gasteiger partial charge is 0.573 e. The van der Waals surface area contributed by atoms with Crippen LogP contribution in [-0.4, -0.2) is 84.1 Å². The molecule has 2 aromatic rings. The van der Waals surface area contributed by atoms with Gasteiger partial charge >= 0.3 is 12.5 Å². The number of rotatable bonds is 8. The van der Waals surface area contributed by atoms with Crippen molar-refractivity contribution in [2.75, 3.05) is 50.7 Å². The fourth-order valence-electron chi connectivity index (χ4n) is 3.48. The Labute approximate surface area is 188 Å². The molecule has 1 aliphatic rings. The fraction of sp³-hybridized carbons (Fsp3) is 0.381. The first kappa shape index (κ1) is 24.1. The van der Waals surface area contributed by atoms with Gasteiger partial charge in [-0.1, -0.05) is 6.07 Å². The number of nitrogens with zero attached hydrogens (tertiary/aromatic N) is 4. The van der Waals surface area contributed by atoms with Crippen molar-refractivity contribution in [3.8, 4) is 17.0 Å². The van der Waals surface area contributed by atoms with Gasteiger partial charge in [0.25, 0.3) is 0 Å². The summed E-state index contributed by atoms with van der Waals surface area (Å²) >= 11 is 0. The third-order valence-corrected chi connectivity index (χ3v) is 5.12. The number of nitrogens with two attached hydrogens (primary N) is 1. The number of aromatic nitrogens is 1. The van der Waals surface area contributed by atoms with E-state index in [1.165, 1.54) is 24.3 Å². The van der Waals surface area contributed by atoms with Gasteiger partial charge in [-0.15, -0.1) is 13.2 Å². The molecule has 1 aromatic carbocycles. The van der Waals surface area contributed by atoms with E-state index in [0.717, 1.165) is 10.7 Å². The van der Waals surface area contributed by atoms with Crippen molar-refractivity contribution < 1.29 is 32.6 Å². The Morgan fingerprint density at radius 2 is 1.76 bits per heavy atom. The van der Waals surface area contributed by atoms with Crippen molar-refractivity contribution in [2.24, 2.45) is 5.73 Å². The first-order chi connectivity index (χ1) is 15.6. The molecule has 33 heavy (non-hydrogen) atoms. The van der Waals surface area contributed by atoms with Gasteiger partial charge in [0, 0.05) is 44.8 Å². The predicted molar refractivity (Wildman–Crippen MR) is 114 cm³/mol. The number of hydrogen-bond acceptors (Lipinski definition) is 6. The number of ether oxygens (including phenoxy) is 1. The van der Waals surface area contributed by atoms with E-state index < -0.39 is 18.4 Å². The Hall–Kier alpha value is -3.54. The number of amides is 2. The number of pyridine rings is 1. The van der Waals surface area contributed by atoms with Crippen molar-refractivity contribution in [3.63, 3.8) is 0 Å². The Morgan fingerprint density at radius 1 is 1.09 bits per heavy atom. The third kappa shape index (κ3) is 7.24. The topological polar surface area (TPSA) is 112 Å². The quantitative estimate of drug-likeness (QED) is 0.612. The van der Waals surface area contributed by atoms with E-state index in [1.807, 2.05) is 12.1 Å². The van der Waals surface area contributed by atoms with Crippen molar-refractivity contribution >= 4 is 17.8 Å². The summed E-state index contributed by atoms with van der Waals surface area (Å²) in [5.41, 5.74) is 6.37. The first-order valence-corrected chi connectivity index (χ1v) is 10.2. The monoisotopic (exact) mass is 467 g/mol. The molecule has 0 aliphatic carbocycles. The molecule has 3 rings (SSSR count). The highest BCUT2D eigenvalue weighted by Gasteiger charge is 2.31. The van der Waals surface area contributed by atoms with Crippen LogP contribution in [0, 0.1) is 0 Å². The highest BCUT2D eigenvalue weighted by atomic mass is 19.4. The van der Waals surface area contributed by atoms with Crippen LogP contribution in [0.15, 0.2) is 42.5 Å². The highest BCUT2D eigenvalue weighted by molar-refractivity contribution is 5.80. The maximum Gasteiger partial charge on any atom is 0.573 e. The van der Waals surface area contributed by atoms with Gasteiger partial charge in [0.05, 0.1) is 5.69 Å². The zero-order valence-corrected chi connectivity index (χ0v) is 17.7. The molecule has 9 nitrogen and oxygen atoms in total. The molecule has 12 heteroatoms. The minimum absolute atomic E-state index is 0.181. The molecule has 0 saturated carbocycles. The Kier molecular flexibility index (Phi) is 7.59. The molecule has 0 radical (unpaired) electrons. The van der Waals surface area contributed by atoms with E-state index in [0.29, 0.717) is 44.0 Å². The number of primary amides is 1. The fourth-order valence-corrected chi connectivity index (χ4v) is 3.48. The zero-order chi connectivity index (χ0) is 24.0. The second-order valence-corrected chi connectivity index (χ2v) is 7.45. The molecule has 178 valence electrons. The lowest BCUT2D eigenvalue weighted by molar-refractivity contribution is -0.274. The average molecular weight is 467 g/mol. The number of carbonyl (C=O) groups excluding carboxylic acids is 1. The summed E-state index contributed by atoms with van der Waals surface area (Å²) in [4.78, 5) is 32.0. The lowest BCUT2D eigenvalue weighted by atomic mass is 10.1. The Bertz CT molecular complexity index is 963. The van der Waals surface area contributed by atoms with Crippen LogP contribution in [-0.2, 0) is 4.79 Å². The maximum atomic E-state index is 12.3. The predicted octanol–water partition coefficient (Wildman–Crippen LogP) is 2.23. The molecule has 2 amide bonds. The molecule has 0 bridgehead atoms. The van der Waals surface area contributed by atoms with E-state index in [2.05, 4.69) is 19.5 Å². The van der Waals surface area contributed by atoms with Gasteiger partial charge in [-0.05, 0) is 36.4 Å². The summed E-state index contributed by atoms with van der Waals surface area (Å²) in [7, 11) is 0. The molecule has 0 unspecified atom stereocenters. The van der Waals surface area contributed by atoms with Gasteiger partial charge in [0.15, 0.2) is 0 Å². The van der Waals surface area contributed by atoms with Crippen molar-refractivity contribution in [1.82, 2.24) is 14.8 Å². The molecule has 3 N–H and O–H groups in total. The van der Waals surface area contributed by atoms with Gasteiger partial charge < -0.3 is 20.5 Å². The molecule has 0 atom stereocenters. The second kappa shape index (κ2) is 10.4. The van der Waals surface area contributed by atoms with E-state index in [1.54, 1.807) is 6.07 Å². The normalized spacial score (nSPS) is 14.7. The molecule has 1 aliphatic heterocycles. The van der Waals surface area contributed by atoms with E-state index in [4.69, 9.17) is 10.8 Å². The van der Waals surface area contributed by atoms with Crippen LogP contribution >= 0.6 is 0 Å². The van der Waals surface area contributed by atoms with Gasteiger partial charge in [-0.2, -0.15) is 0 Å². The van der Waals surface area contributed by atoms with Crippen molar-refractivity contribution in [2.45, 2.75) is 6.36 Å². The minimum atomic E-state index is -4.74. The highest BCUT2D eigenvalue weighted by Crippen LogP contribution is 2.27. The Morgan fingerprint density at radius 3 is 2.33 bits per heavy atom. The summed E-state index contributed by atoms with van der Waals surface area (Å²) in [6.45, 7) is 3.01. The number of anilines is 1. The van der Waals surface area contributed by atoms with Crippen LogP contribution in [0.4, 0.5) is 23.8 Å². The summed E-state index contributed by atoms with van der Waals surface area (Å²) in [6.07, 6.45) is -5.93. The molecule has 2 heterocycles. The van der Waals surface area contributed by atoms with Crippen LogP contribution in [0.2, 0.25) is 0 Å². The molecule has 1 aromatic heterocycles. The summed E-state index contributed by atoms with van der Waals surface area (Å²) in [6, 6.07) is 11.0. The number of hydrogen-bond donors (Lipinski definition) is 2. The average Bonchev–Trinajstić information content (AvgIpc) is 2.76. The molecule has 1 saturated heterocycles. The van der Waals surface area contributed by atoms with Gasteiger partial charge in [0.1, 0.15) is 18.1 Å². The van der Waals surface area contributed by atoms with Crippen LogP contribution in [0.3, 0.4) is 0 Å². The van der Waals surface area contributed by atoms with E-state index in [9.17, 15) is 22.8 Å². The molecular formula is C21H24F3N5O4. The molecule has 1 fully saturated rings. The van der Waals surface area contributed by atoms with E-state index in [-0.39, 0.29) is 18.8 Å². The summed E-state index contributed by atoms with van der Waals surface area (Å²) in [5.74, 6) is -0.254. The van der Waals surface area contributed by atoms with E-state index >= 15 is 0 Å². The number of alkyl halides is 3. The number of carbonyl (C=O) groups is 2. The minimum Gasteiger partial charge on any atom is -0.465 e. The molecular weight excluding hydrogens is 443 g/mol. The maximum absolute atomic E-state index is 12.3. The molecule has 0 spiro atoms.